The summed E-state index contributed by atoms with van der Waals surface area (Å²) in [5, 5.41) is 6.36. The summed E-state index contributed by atoms with van der Waals surface area (Å²) >= 11 is 2.69. The van der Waals surface area contributed by atoms with Gasteiger partial charge in [-0.05, 0) is 29.6 Å². The van der Waals surface area contributed by atoms with Crippen LogP contribution in [0.15, 0.2) is 44.1 Å². The van der Waals surface area contributed by atoms with Gasteiger partial charge >= 0.3 is 0 Å². The summed E-state index contributed by atoms with van der Waals surface area (Å²) in [6, 6.07) is 7.21. The zero-order valence-corrected chi connectivity index (χ0v) is 16.0. The highest BCUT2D eigenvalue weighted by Crippen LogP contribution is 2.31. The molecule has 10 heteroatoms. The van der Waals surface area contributed by atoms with Crippen LogP contribution < -0.4 is 15.0 Å². The monoisotopic (exact) mass is 402 g/mol. The van der Waals surface area contributed by atoms with E-state index < -0.39 is 0 Å². The number of hydrogen-bond donors (Lipinski definition) is 1. The summed E-state index contributed by atoms with van der Waals surface area (Å²) in [6.45, 7) is 0. The SMILES string of the molecule is COc1ccc(-c2noc(CSc3nc4ccsc4c(=O)[nH]3)n2)cc1OC. The average molecular weight is 402 g/mol. The molecule has 0 bridgehead atoms. The zero-order chi connectivity index (χ0) is 18.8. The van der Waals surface area contributed by atoms with Gasteiger partial charge in [0.05, 0.1) is 25.5 Å². The molecule has 27 heavy (non-hydrogen) atoms. The van der Waals surface area contributed by atoms with Crippen LogP contribution >= 0.6 is 23.1 Å². The lowest BCUT2D eigenvalue weighted by Gasteiger charge is -2.07. The fraction of sp³-hybridized carbons (Fsp3) is 0.176. The Balaban J connectivity index is 1.51. The van der Waals surface area contributed by atoms with E-state index in [-0.39, 0.29) is 5.56 Å². The van der Waals surface area contributed by atoms with E-state index in [2.05, 4.69) is 20.1 Å². The predicted octanol–water partition coefficient (Wildman–Crippen LogP) is 3.34. The topological polar surface area (TPSA) is 103 Å². The molecule has 0 amide bonds. The lowest BCUT2D eigenvalue weighted by atomic mass is 10.2. The smallest absolute Gasteiger partial charge is 0.269 e. The molecule has 0 saturated heterocycles. The van der Waals surface area contributed by atoms with E-state index >= 15 is 0 Å². The van der Waals surface area contributed by atoms with Crippen molar-refractivity contribution in [2.24, 2.45) is 0 Å². The van der Waals surface area contributed by atoms with E-state index in [0.717, 1.165) is 5.56 Å². The first-order valence-corrected chi connectivity index (χ1v) is 9.70. The molecule has 8 nitrogen and oxygen atoms in total. The maximum Gasteiger partial charge on any atom is 0.269 e. The van der Waals surface area contributed by atoms with Crippen LogP contribution in [0, 0.1) is 0 Å². The van der Waals surface area contributed by atoms with Crippen LogP contribution in [0.1, 0.15) is 5.89 Å². The third kappa shape index (κ3) is 3.53. The van der Waals surface area contributed by atoms with Crippen LogP contribution in [-0.4, -0.2) is 34.3 Å². The number of nitrogens with one attached hydrogen (secondary N) is 1. The normalized spacial score (nSPS) is 11.0. The van der Waals surface area contributed by atoms with Crippen LogP contribution in [0.3, 0.4) is 0 Å². The molecule has 0 fully saturated rings. The number of rotatable bonds is 6. The number of methoxy groups -OCH3 is 2. The Bertz CT molecular complexity index is 1150. The molecule has 0 saturated carbocycles. The minimum absolute atomic E-state index is 0.144. The molecule has 0 unspecified atom stereocenters. The van der Waals surface area contributed by atoms with Crippen molar-refractivity contribution in [2.45, 2.75) is 10.9 Å². The molecule has 0 aliphatic carbocycles. The summed E-state index contributed by atoms with van der Waals surface area (Å²) in [7, 11) is 3.14. The molecular formula is C17H14N4O4S2. The maximum atomic E-state index is 12.0. The first-order valence-electron chi connectivity index (χ1n) is 7.83. The van der Waals surface area contributed by atoms with Crippen LogP contribution in [0.4, 0.5) is 0 Å². The lowest BCUT2D eigenvalue weighted by molar-refractivity contribution is 0.355. The fourth-order valence-corrected chi connectivity index (χ4v) is 3.89. The molecular weight excluding hydrogens is 388 g/mol. The van der Waals surface area contributed by atoms with Crippen LogP contribution in [0.25, 0.3) is 21.6 Å². The van der Waals surface area contributed by atoms with Crippen molar-refractivity contribution >= 4 is 33.3 Å². The predicted molar refractivity (Wildman–Crippen MR) is 103 cm³/mol. The second-order valence-corrected chi connectivity index (χ2v) is 7.26. The molecule has 0 atom stereocenters. The Kier molecular flexibility index (Phi) is 4.82. The van der Waals surface area contributed by atoms with Gasteiger partial charge < -0.3 is 19.0 Å². The average Bonchev–Trinajstić information content (AvgIpc) is 3.35. The van der Waals surface area contributed by atoms with Crippen molar-refractivity contribution in [3.63, 3.8) is 0 Å². The third-order valence-electron chi connectivity index (χ3n) is 3.74. The number of ether oxygens (including phenoxy) is 2. The molecule has 1 aromatic carbocycles. The van der Waals surface area contributed by atoms with E-state index in [4.69, 9.17) is 14.0 Å². The molecule has 0 aliphatic heterocycles. The quantitative estimate of drug-likeness (QED) is 0.387. The molecule has 0 radical (unpaired) electrons. The molecule has 4 rings (SSSR count). The van der Waals surface area contributed by atoms with E-state index in [1.807, 2.05) is 17.5 Å². The maximum absolute atomic E-state index is 12.0. The summed E-state index contributed by atoms with van der Waals surface area (Å²) in [5.41, 5.74) is 1.29. The van der Waals surface area contributed by atoms with Crippen LogP contribution in [0.2, 0.25) is 0 Å². The molecule has 0 spiro atoms. The van der Waals surface area contributed by atoms with Crippen molar-refractivity contribution in [1.29, 1.82) is 0 Å². The lowest BCUT2D eigenvalue weighted by Crippen LogP contribution is -2.07. The first kappa shape index (κ1) is 17.6. The van der Waals surface area contributed by atoms with Gasteiger partial charge in [0.25, 0.3) is 5.56 Å². The number of thiophene rings is 1. The van der Waals surface area contributed by atoms with Gasteiger partial charge in [-0.3, -0.25) is 4.79 Å². The Labute approximate surface area is 161 Å². The number of thioether (sulfide) groups is 1. The van der Waals surface area contributed by atoms with Gasteiger partial charge in [0.1, 0.15) is 4.70 Å². The number of aromatic amines is 1. The highest BCUT2D eigenvalue weighted by Gasteiger charge is 2.13. The second kappa shape index (κ2) is 7.41. The number of nitrogens with zero attached hydrogens (tertiary/aromatic N) is 3. The summed E-state index contributed by atoms with van der Waals surface area (Å²) in [4.78, 5) is 23.6. The Hall–Kier alpha value is -2.85. The number of benzene rings is 1. The highest BCUT2D eigenvalue weighted by molar-refractivity contribution is 7.98. The number of H-pyrrole nitrogens is 1. The Morgan fingerprint density at radius 1 is 1.19 bits per heavy atom. The van der Waals surface area contributed by atoms with Crippen molar-refractivity contribution in [2.75, 3.05) is 14.2 Å². The molecule has 3 heterocycles. The van der Waals surface area contributed by atoms with Crippen molar-refractivity contribution < 1.29 is 14.0 Å². The van der Waals surface area contributed by atoms with Gasteiger partial charge in [-0.2, -0.15) is 4.98 Å². The standard InChI is InChI=1S/C17H14N4O4S2/c1-23-11-4-3-9(7-12(11)24-2)15-19-13(25-21-15)8-27-17-18-10-5-6-26-14(10)16(22)20-17/h3-7H,8H2,1-2H3,(H,18,20,22). The number of aromatic nitrogens is 4. The molecule has 4 aromatic rings. The van der Waals surface area contributed by atoms with Crippen molar-refractivity contribution in [3.05, 3.63) is 45.9 Å². The van der Waals surface area contributed by atoms with Gasteiger partial charge in [0, 0.05) is 5.56 Å². The van der Waals surface area contributed by atoms with Gasteiger partial charge in [-0.15, -0.1) is 11.3 Å². The zero-order valence-electron chi connectivity index (χ0n) is 14.4. The van der Waals surface area contributed by atoms with E-state index in [1.54, 1.807) is 26.4 Å². The fourth-order valence-electron chi connectivity index (χ4n) is 2.46. The van der Waals surface area contributed by atoms with Crippen LogP contribution in [-0.2, 0) is 5.75 Å². The minimum Gasteiger partial charge on any atom is -0.493 e. The van der Waals surface area contributed by atoms with E-state index in [9.17, 15) is 4.79 Å². The van der Waals surface area contributed by atoms with E-state index in [0.29, 0.717) is 44.3 Å². The summed E-state index contributed by atoms with van der Waals surface area (Å²) in [5.74, 6) is 2.47. The number of fused-ring (bicyclic) bond motifs is 1. The van der Waals surface area contributed by atoms with Gasteiger partial charge in [-0.25, -0.2) is 4.98 Å². The van der Waals surface area contributed by atoms with Gasteiger partial charge in [0.2, 0.25) is 11.7 Å². The van der Waals surface area contributed by atoms with E-state index in [1.165, 1.54) is 23.1 Å². The Morgan fingerprint density at radius 2 is 2.04 bits per heavy atom. The first-order chi connectivity index (χ1) is 13.2. The van der Waals surface area contributed by atoms with Gasteiger partial charge in [0.15, 0.2) is 16.7 Å². The van der Waals surface area contributed by atoms with Crippen molar-refractivity contribution in [3.8, 4) is 22.9 Å². The van der Waals surface area contributed by atoms with Gasteiger partial charge in [-0.1, -0.05) is 16.9 Å². The largest absolute Gasteiger partial charge is 0.493 e. The summed E-state index contributed by atoms with van der Waals surface area (Å²) in [6.07, 6.45) is 0. The third-order valence-corrected chi connectivity index (χ3v) is 5.50. The van der Waals surface area contributed by atoms with Crippen LogP contribution in [0.5, 0.6) is 11.5 Å². The summed E-state index contributed by atoms with van der Waals surface area (Å²) < 4.78 is 16.4. The Morgan fingerprint density at radius 3 is 2.85 bits per heavy atom. The van der Waals surface area contributed by atoms with Crippen molar-refractivity contribution in [1.82, 2.24) is 20.1 Å². The second-order valence-electron chi connectivity index (χ2n) is 5.38. The minimum atomic E-state index is -0.144. The molecule has 3 aromatic heterocycles. The molecule has 138 valence electrons. The molecule has 0 aliphatic rings. The highest BCUT2D eigenvalue weighted by atomic mass is 32.2. The molecule has 1 N–H and O–H groups in total. The number of hydrogen-bond acceptors (Lipinski definition) is 9.